The van der Waals surface area contributed by atoms with Crippen LogP contribution in [0.4, 0.5) is 5.13 Å². The molecule has 1 heterocycles. The minimum Gasteiger partial charge on any atom is -0.493 e. The van der Waals surface area contributed by atoms with E-state index in [0.717, 1.165) is 5.56 Å². The number of carbonyl (C=O) groups excluding carboxylic acids is 1. The summed E-state index contributed by atoms with van der Waals surface area (Å²) in [6, 6.07) is 10.6. The molecular weight excluding hydrogens is 438 g/mol. The third kappa shape index (κ3) is 4.91. The molecule has 3 aromatic rings. The van der Waals surface area contributed by atoms with Crippen molar-refractivity contribution in [2.75, 3.05) is 32.8 Å². The topological polar surface area (TPSA) is 73.8 Å². The van der Waals surface area contributed by atoms with Gasteiger partial charge in [-0.1, -0.05) is 48.9 Å². The fourth-order valence-electron chi connectivity index (χ4n) is 3.04. The number of ether oxygens (including phenoxy) is 3. The van der Waals surface area contributed by atoms with Crippen molar-refractivity contribution in [3.05, 3.63) is 47.0 Å². The maximum Gasteiger partial charge on any atom is 0.261 e. The highest BCUT2D eigenvalue weighted by Crippen LogP contribution is 2.42. The number of anilines is 1. The zero-order valence-electron chi connectivity index (χ0n) is 18.0. The van der Waals surface area contributed by atoms with Gasteiger partial charge in [0.25, 0.3) is 5.91 Å². The SMILES string of the molecule is COc1cc(-c2nnc(N(CC(C)C)C(=O)c3ccccc3Cl)s2)cc(OC)c1OC. The van der Waals surface area contributed by atoms with Gasteiger partial charge in [-0.3, -0.25) is 9.69 Å². The van der Waals surface area contributed by atoms with Crippen LogP contribution in [0.15, 0.2) is 36.4 Å². The third-order valence-corrected chi connectivity index (χ3v) is 5.78. The lowest BCUT2D eigenvalue weighted by molar-refractivity contribution is 0.0984. The Morgan fingerprint density at radius 2 is 1.71 bits per heavy atom. The number of hydrogen-bond acceptors (Lipinski definition) is 7. The van der Waals surface area contributed by atoms with Crippen molar-refractivity contribution < 1.29 is 19.0 Å². The summed E-state index contributed by atoms with van der Waals surface area (Å²) < 4.78 is 16.2. The van der Waals surface area contributed by atoms with Crippen LogP contribution in [0, 0.1) is 5.92 Å². The van der Waals surface area contributed by atoms with Gasteiger partial charge >= 0.3 is 0 Å². The van der Waals surface area contributed by atoms with Gasteiger partial charge in [-0.2, -0.15) is 0 Å². The van der Waals surface area contributed by atoms with Gasteiger partial charge in [0, 0.05) is 12.1 Å². The van der Waals surface area contributed by atoms with Crippen molar-refractivity contribution in [1.82, 2.24) is 10.2 Å². The number of nitrogens with zero attached hydrogens (tertiary/aromatic N) is 3. The second-order valence-corrected chi connectivity index (χ2v) is 8.46. The zero-order valence-corrected chi connectivity index (χ0v) is 19.6. The van der Waals surface area contributed by atoms with Crippen LogP contribution >= 0.6 is 22.9 Å². The standard InChI is InChI=1S/C22H24ClN3O4S/c1-13(2)12-26(21(27)15-8-6-7-9-16(15)23)22-25-24-20(31-22)14-10-17(28-3)19(30-5)18(11-14)29-4/h6-11,13H,12H2,1-5H3. The predicted octanol–water partition coefficient (Wildman–Crippen LogP) is 5.19. The van der Waals surface area contributed by atoms with E-state index in [9.17, 15) is 4.79 Å². The Kier molecular flexibility index (Phi) is 7.35. The Morgan fingerprint density at radius 1 is 1.06 bits per heavy atom. The van der Waals surface area contributed by atoms with E-state index >= 15 is 0 Å². The molecule has 0 spiro atoms. The first kappa shape index (κ1) is 22.8. The van der Waals surface area contributed by atoms with Crippen LogP contribution in [-0.4, -0.2) is 44.0 Å². The summed E-state index contributed by atoms with van der Waals surface area (Å²) in [6.45, 7) is 4.55. The van der Waals surface area contributed by atoms with Crippen molar-refractivity contribution >= 4 is 34.0 Å². The summed E-state index contributed by atoms with van der Waals surface area (Å²) in [4.78, 5) is 14.9. The molecule has 164 valence electrons. The van der Waals surface area contributed by atoms with E-state index in [-0.39, 0.29) is 11.8 Å². The number of rotatable bonds is 8. The van der Waals surface area contributed by atoms with Gasteiger partial charge in [-0.05, 0) is 30.2 Å². The highest BCUT2D eigenvalue weighted by Gasteiger charge is 2.25. The molecule has 0 unspecified atom stereocenters. The van der Waals surface area contributed by atoms with Crippen LogP contribution in [0.1, 0.15) is 24.2 Å². The Hall–Kier alpha value is -2.84. The van der Waals surface area contributed by atoms with Crippen molar-refractivity contribution in [2.45, 2.75) is 13.8 Å². The minimum absolute atomic E-state index is 0.216. The van der Waals surface area contributed by atoms with Crippen LogP contribution < -0.4 is 19.1 Å². The summed E-state index contributed by atoms with van der Waals surface area (Å²) in [7, 11) is 4.66. The first-order valence-corrected chi connectivity index (χ1v) is 10.8. The number of methoxy groups -OCH3 is 3. The van der Waals surface area contributed by atoms with Crippen molar-refractivity contribution in [1.29, 1.82) is 0 Å². The van der Waals surface area contributed by atoms with Crippen LogP contribution in [-0.2, 0) is 0 Å². The summed E-state index contributed by atoms with van der Waals surface area (Å²) >= 11 is 7.57. The van der Waals surface area contributed by atoms with Gasteiger partial charge < -0.3 is 14.2 Å². The molecule has 0 aliphatic carbocycles. The number of amides is 1. The van der Waals surface area contributed by atoms with Crippen LogP contribution in [0.3, 0.4) is 0 Å². The summed E-state index contributed by atoms with van der Waals surface area (Å²) in [5.41, 5.74) is 1.17. The Bertz CT molecular complexity index is 1050. The first-order valence-electron chi connectivity index (χ1n) is 9.59. The van der Waals surface area contributed by atoms with E-state index in [1.807, 2.05) is 13.8 Å². The monoisotopic (exact) mass is 461 g/mol. The molecule has 0 radical (unpaired) electrons. The fourth-order valence-corrected chi connectivity index (χ4v) is 4.09. The number of hydrogen-bond donors (Lipinski definition) is 0. The Balaban J connectivity index is 2.02. The van der Waals surface area contributed by atoms with Crippen molar-refractivity contribution in [3.8, 4) is 27.8 Å². The van der Waals surface area contributed by atoms with E-state index in [1.54, 1.807) is 62.6 Å². The molecule has 0 N–H and O–H groups in total. The maximum absolute atomic E-state index is 13.3. The molecule has 0 aliphatic rings. The lowest BCUT2D eigenvalue weighted by atomic mass is 10.1. The number of halogens is 1. The lowest BCUT2D eigenvalue weighted by Crippen LogP contribution is -2.34. The van der Waals surface area contributed by atoms with Crippen molar-refractivity contribution in [3.63, 3.8) is 0 Å². The normalized spacial score (nSPS) is 10.8. The quantitative estimate of drug-likeness (QED) is 0.459. The van der Waals surface area contributed by atoms with Crippen LogP contribution in [0.5, 0.6) is 17.2 Å². The number of carbonyl (C=O) groups is 1. The number of benzene rings is 2. The van der Waals surface area contributed by atoms with Gasteiger partial charge in [0.2, 0.25) is 10.9 Å². The average molecular weight is 462 g/mol. The molecule has 0 atom stereocenters. The molecule has 3 rings (SSSR count). The van der Waals surface area contributed by atoms with E-state index in [1.165, 1.54) is 11.3 Å². The Labute approximate surface area is 190 Å². The third-order valence-electron chi connectivity index (χ3n) is 4.45. The highest BCUT2D eigenvalue weighted by atomic mass is 35.5. The minimum atomic E-state index is -0.216. The summed E-state index contributed by atoms with van der Waals surface area (Å²) in [6.07, 6.45) is 0. The summed E-state index contributed by atoms with van der Waals surface area (Å²) in [5, 5.41) is 10.1. The Morgan fingerprint density at radius 3 is 2.26 bits per heavy atom. The number of aromatic nitrogens is 2. The molecule has 1 amide bonds. The smallest absolute Gasteiger partial charge is 0.261 e. The molecule has 1 aromatic heterocycles. The van der Waals surface area contributed by atoms with Crippen LogP contribution in [0.2, 0.25) is 5.02 Å². The zero-order chi connectivity index (χ0) is 22.5. The second kappa shape index (κ2) is 9.98. The molecular formula is C22H24ClN3O4S. The van der Waals surface area contributed by atoms with Crippen molar-refractivity contribution in [2.24, 2.45) is 5.92 Å². The largest absolute Gasteiger partial charge is 0.493 e. The molecule has 0 bridgehead atoms. The molecule has 0 fully saturated rings. The van der Waals surface area contributed by atoms with Gasteiger partial charge in [-0.15, -0.1) is 10.2 Å². The molecule has 2 aromatic carbocycles. The van der Waals surface area contributed by atoms with E-state index in [4.69, 9.17) is 25.8 Å². The maximum atomic E-state index is 13.3. The van der Waals surface area contributed by atoms with Gasteiger partial charge in [-0.25, -0.2) is 0 Å². The molecule has 0 saturated heterocycles. The molecule has 0 saturated carbocycles. The van der Waals surface area contributed by atoms with E-state index in [2.05, 4.69) is 10.2 Å². The molecule has 7 nitrogen and oxygen atoms in total. The molecule has 0 aliphatic heterocycles. The molecule has 31 heavy (non-hydrogen) atoms. The van der Waals surface area contributed by atoms with Gasteiger partial charge in [0.05, 0.1) is 31.9 Å². The van der Waals surface area contributed by atoms with E-state index < -0.39 is 0 Å². The fraction of sp³-hybridized carbons (Fsp3) is 0.318. The van der Waals surface area contributed by atoms with Crippen LogP contribution in [0.25, 0.3) is 10.6 Å². The lowest BCUT2D eigenvalue weighted by Gasteiger charge is -2.22. The summed E-state index contributed by atoms with van der Waals surface area (Å²) in [5.74, 6) is 1.53. The molecule has 9 heteroatoms. The average Bonchev–Trinajstić information content (AvgIpc) is 3.26. The highest BCUT2D eigenvalue weighted by molar-refractivity contribution is 7.18. The second-order valence-electron chi connectivity index (χ2n) is 7.09. The van der Waals surface area contributed by atoms with Gasteiger partial charge in [0.1, 0.15) is 5.01 Å². The van der Waals surface area contributed by atoms with E-state index in [0.29, 0.717) is 44.5 Å². The predicted molar refractivity (Wildman–Crippen MR) is 123 cm³/mol. The van der Waals surface area contributed by atoms with Gasteiger partial charge in [0.15, 0.2) is 11.5 Å². The first-order chi connectivity index (χ1) is 14.9.